The molecule has 4 nitrogen and oxygen atoms in total. The van der Waals surface area contributed by atoms with E-state index >= 15 is 0 Å². The van der Waals surface area contributed by atoms with Gasteiger partial charge in [0.05, 0.1) is 17.4 Å². The lowest BCUT2D eigenvalue weighted by atomic mass is 10.1. The van der Waals surface area contributed by atoms with Crippen molar-refractivity contribution in [3.05, 3.63) is 78.3 Å². The normalized spacial score (nSPS) is 11.0. The standard InChI is InChI=1S/C18H13FN2O2/c19-15-9-6-13(7-10-15)18-14(8-11-17(22)23)12-21(20-18)16-4-2-1-3-5-16/h1-12H,(H,22,23)/p-1/b11-8-. The zero-order valence-corrected chi connectivity index (χ0v) is 12.0. The Labute approximate surface area is 132 Å². The fourth-order valence-electron chi connectivity index (χ4n) is 2.21. The van der Waals surface area contributed by atoms with E-state index in [0.29, 0.717) is 16.8 Å². The molecule has 0 N–H and O–H groups in total. The molecule has 2 aromatic carbocycles. The minimum absolute atomic E-state index is 0.344. The summed E-state index contributed by atoms with van der Waals surface area (Å²) in [5.41, 5.74) is 2.69. The van der Waals surface area contributed by atoms with Crippen LogP contribution in [0.5, 0.6) is 0 Å². The van der Waals surface area contributed by atoms with Gasteiger partial charge in [-0.25, -0.2) is 9.07 Å². The molecule has 0 unspecified atom stereocenters. The maximum absolute atomic E-state index is 13.1. The van der Waals surface area contributed by atoms with E-state index in [1.807, 2.05) is 30.3 Å². The summed E-state index contributed by atoms with van der Waals surface area (Å²) >= 11 is 0. The quantitative estimate of drug-likeness (QED) is 0.696. The molecular weight excluding hydrogens is 295 g/mol. The Bertz CT molecular complexity index is 852. The van der Waals surface area contributed by atoms with Crippen molar-refractivity contribution in [1.29, 1.82) is 0 Å². The monoisotopic (exact) mass is 307 g/mol. The van der Waals surface area contributed by atoms with Crippen molar-refractivity contribution in [2.24, 2.45) is 0 Å². The highest BCUT2D eigenvalue weighted by atomic mass is 19.1. The van der Waals surface area contributed by atoms with Crippen LogP contribution in [0.3, 0.4) is 0 Å². The molecule has 0 atom stereocenters. The molecule has 0 aliphatic carbocycles. The number of carbonyl (C=O) groups excluding carboxylic acids is 1. The third kappa shape index (κ3) is 3.35. The van der Waals surface area contributed by atoms with Crippen LogP contribution in [0.1, 0.15) is 5.56 Å². The fourth-order valence-corrected chi connectivity index (χ4v) is 2.21. The van der Waals surface area contributed by atoms with Crippen molar-refractivity contribution in [2.45, 2.75) is 0 Å². The molecule has 23 heavy (non-hydrogen) atoms. The third-order valence-electron chi connectivity index (χ3n) is 3.28. The summed E-state index contributed by atoms with van der Waals surface area (Å²) in [5.74, 6) is -1.63. The van der Waals surface area contributed by atoms with E-state index in [9.17, 15) is 14.3 Å². The Morgan fingerprint density at radius 3 is 2.43 bits per heavy atom. The summed E-state index contributed by atoms with van der Waals surface area (Å²) in [6.07, 6.45) is 4.08. The summed E-state index contributed by atoms with van der Waals surface area (Å²) in [6.45, 7) is 0. The molecule has 0 fully saturated rings. The van der Waals surface area contributed by atoms with E-state index in [1.54, 1.807) is 23.0 Å². The molecular formula is C18H12FN2O2-. The molecule has 0 saturated heterocycles. The molecule has 3 rings (SSSR count). The first kappa shape index (κ1) is 14.7. The number of hydrogen-bond acceptors (Lipinski definition) is 3. The van der Waals surface area contributed by atoms with Crippen molar-refractivity contribution in [1.82, 2.24) is 9.78 Å². The van der Waals surface area contributed by atoms with Gasteiger partial charge in [-0.1, -0.05) is 18.2 Å². The van der Waals surface area contributed by atoms with Crippen LogP contribution < -0.4 is 5.11 Å². The van der Waals surface area contributed by atoms with E-state index in [0.717, 1.165) is 11.8 Å². The average Bonchev–Trinajstić information content (AvgIpc) is 2.99. The van der Waals surface area contributed by atoms with Crippen LogP contribution in [0.15, 0.2) is 66.9 Å². The van der Waals surface area contributed by atoms with Crippen molar-refractivity contribution in [2.75, 3.05) is 0 Å². The van der Waals surface area contributed by atoms with E-state index in [4.69, 9.17) is 0 Å². The predicted octanol–water partition coefficient (Wildman–Crippen LogP) is 2.44. The lowest BCUT2D eigenvalue weighted by Gasteiger charge is -2.00. The topological polar surface area (TPSA) is 57.9 Å². The van der Waals surface area contributed by atoms with Gasteiger partial charge >= 0.3 is 0 Å². The van der Waals surface area contributed by atoms with Gasteiger partial charge in [-0.05, 0) is 48.6 Å². The number of hydrogen-bond donors (Lipinski definition) is 0. The van der Waals surface area contributed by atoms with Gasteiger partial charge in [-0.2, -0.15) is 5.10 Å². The predicted molar refractivity (Wildman–Crippen MR) is 83.0 cm³/mol. The van der Waals surface area contributed by atoms with Crippen LogP contribution in [-0.4, -0.2) is 15.7 Å². The summed E-state index contributed by atoms with van der Waals surface area (Å²) in [5, 5.41) is 15.2. The molecule has 0 aliphatic heterocycles. The molecule has 1 heterocycles. The molecule has 0 radical (unpaired) electrons. The van der Waals surface area contributed by atoms with Gasteiger partial charge in [0.1, 0.15) is 5.82 Å². The zero-order chi connectivity index (χ0) is 16.2. The number of aromatic nitrogens is 2. The lowest BCUT2D eigenvalue weighted by Crippen LogP contribution is -2.18. The van der Waals surface area contributed by atoms with Gasteiger partial charge in [0.15, 0.2) is 0 Å². The first-order valence-corrected chi connectivity index (χ1v) is 6.93. The first-order chi connectivity index (χ1) is 11.1. The zero-order valence-electron chi connectivity index (χ0n) is 12.0. The second-order valence-electron chi connectivity index (χ2n) is 4.87. The number of carboxylic acid groups (broad SMARTS) is 1. The van der Waals surface area contributed by atoms with Gasteiger partial charge in [0, 0.05) is 17.3 Å². The Balaban J connectivity index is 2.10. The van der Waals surface area contributed by atoms with Gasteiger partial charge in [-0.15, -0.1) is 0 Å². The van der Waals surface area contributed by atoms with Crippen LogP contribution in [-0.2, 0) is 4.79 Å². The SMILES string of the molecule is O=C([O-])/C=C\c1cn(-c2ccccc2)nc1-c1ccc(F)cc1. The van der Waals surface area contributed by atoms with Crippen molar-refractivity contribution in [3.8, 4) is 16.9 Å². The van der Waals surface area contributed by atoms with Crippen LogP contribution in [0, 0.1) is 5.82 Å². The number of para-hydroxylation sites is 1. The average molecular weight is 307 g/mol. The highest BCUT2D eigenvalue weighted by Gasteiger charge is 2.10. The Morgan fingerprint density at radius 2 is 1.78 bits per heavy atom. The maximum Gasteiger partial charge on any atom is 0.123 e. The molecule has 5 heteroatoms. The largest absolute Gasteiger partial charge is 0.545 e. The Hall–Kier alpha value is -3.21. The molecule has 0 aliphatic rings. The van der Waals surface area contributed by atoms with Crippen molar-refractivity contribution < 1.29 is 14.3 Å². The van der Waals surface area contributed by atoms with Gasteiger partial charge in [0.2, 0.25) is 0 Å². The van der Waals surface area contributed by atoms with E-state index in [2.05, 4.69) is 5.10 Å². The number of rotatable bonds is 4. The summed E-state index contributed by atoms with van der Waals surface area (Å²) in [7, 11) is 0. The van der Waals surface area contributed by atoms with E-state index in [1.165, 1.54) is 18.2 Å². The molecule has 0 spiro atoms. The summed E-state index contributed by atoms with van der Waals surface area (Å²) in [6, 6.07) is 15.3. The minimum atomic E-state index is -1.29. The van der Waals surface area contributed by atoms with Crippen LogP contribution in [0.4, 0.5) is 4.39 Å². The number of carbonyl (C=O) groups is 1. The molecule has 0 bridgehead atoms. The maximum atomic E-state index is 13.1. The number of halogens is 1. The highest BCUT2D eigenvalue weighted by Crippen LogP contribution is 2.25. The molecule has 0 saturated carbocycles. The molecule has 3 aromatic rings. The number of benzene rings is 2. The summed E-state index contributed by atoms with van der Waals surface area (Å²) < 4.78 is 14.7. The van der Waals surface area contributed by atoms with Crippen molar-refractivity contribution >= 4 is 12.0 Å². The minimum Gasteiger partial charge on any atom is -0.545 e. The number of carboxylic acids is 1. The second-order valence-corrected chi connectivity index (χ2v) is 4.87. The highest BCUT2D eigenvalue weighted by molar-refractivity contribution is 5.85. The molecule has 1 aromatic heterocycles. The van der Waals surface area contributed by atoms with Crippen LogP contribution in [0.25, 0.3) is 23.0 Å². The second kappa shape index (κ2) is 6.27. The third-order valence-corrected chi connectivity index (χ3v) is 3.28. The van der Waals surface area contributed by atoms with E-state index in [-0.39, 0.29) is 5.82 Å². The van der Waals surface area contributed by atoms with Crippen molar-refractivity contribution in [3.63, 3.8) is 0 Å². The first-order valence-electron chi connectivity index (χ1n) is 6.93. The lowest BCUT2D eigenvalue weighted by molar-refractivity contribution is -0.297. The van der Waals surface area contributed by atoms with E-state index < -0.39 is 5.97 Å². The summed E-state index contributed by atoms with van der Waals surface area (Å²) in [4.78, 5) is 10.7. The Kier molecular flexibility index (Phi) is 4.01. The van der Waals surface area contributed by atoms with Crippen LogP contribution in [0.2, 0.25) is 0 Å². The fraction of sp³-hybridized carbons (Fsp3) is 0. The number of nitrogens with zero attached hydrogens (tertiary/aromatic N) is 2. The van der Waals surface area contributed by atoms with Crippen LogP contribution >= 0.6 is 0 Å². The molecule has 0 amide bonds. The van der Waals surface area contributed by atoms with Gasteiger partial charge in [0.25, 0.3) is 0 Å². The smallest absolute Gasteiger partial charge is 0.123 e. The van der Waals surface area contributed by atoms with Gasteiger partial charge in [-0.3, -0.25) is 0 Å². The van der Waals surface area contributed by atoms with Gasteiger partial charge < -0.3 is 9.90 Å². The Morgan fingerprint density at radius 1 is 1.09 bits per heavy atom. The number of aliphatic carboxylic acids is 1. The molecule has 114 valence electrons.